The van der Waals surface area contributed by atoms with E-state index in [1.54, 1.807) is 23.3 Å². The normalized spacial score (nSPS) is 15.6. The highest BCUT2D eigenvalue weighted by atomic mass is 127. The molecule has 0 radical (unpaired) electrons. The summed E-state index contributed by atoms with van der Waals surface area (Å²) in [5.74, 6) is 0.773. The molecule has 1 amide bonds. The van der Waals surface area contributed by atoms with Crippen LogP contribution in [0.4, 0.5) is 4.79 Å². The first-order valence-corrected chi connectivity index (χ1v) is 8.71. The largest absolute Gasteiger partial charge is 0.453 e. The Labute approximate surface area is 164 Å². The van der Waals surface area contributed by atoms with Gasteiger partial charge >= 0.3 is 6.09 Å². The number of ether oxygens (including phenoxy) is 1. The molecule has 1 aromatic heterocycles. The Balaban J connectivity index is 0.00000288. The van der Waals surface area contributed by atoms with Gasteiger partial charge in [-0.15, -0.1) is 35.3 Å². The van der Waals surface area contributed by atoms with Crippen molar-refractivity contribution < 1.29 is 9.53 Å². The molecule has 0 saturated carbocycles. The summed E-state index contributed by atoms with van der Waals surface area (Å²) in [5.41, 5.74) is 0. The third-order valence-electron chi connectivity index (χ3n) is 3.85. The number of rotatable bonds is 4. The molecule has 7 nitrogen and oxygen atoms in total. The molecule has 0 aliphatic carbocycles. The molecule has 0 atom stereocenters. The highest BCUT2D eigenvalue weighted by molar-refractivity contribution is 14.0. The van der Waals surface area contributed by atoms with Gasteiger partial charge in [0.25, 0.3) is 0 Å². The molecule has 2 N–H and O–H groups in total. The van der Waals surface area contributed by atoms with Crippen LogP contribution in [0.25, 0.3) is 0 Å². The minimum absolute atomic E-state index is 0. The Morgan fingerprint density at radius 2 is 2.21 bits per heavy atom. The monoisotopic (exact) mass is 467 g/mol. The van der Waals surface area contributed by atoms with Crippen molar-refractivity contribution in [3.63, 3.8) is 0 Å². The molecular formula is C15H26IN5O2S. The Bertz CT molecular complexity index is 544. The summed E-state index contributed by atoms with van der Waals surface area (Å²) in [6.45, 7) is 4.21. The minimum Gasteiger partial charge on any atom is -0.453 e. The standard InChI is InChI=1S/C15H25N5O2S.HI/c1-4-12-9-17-13(23-12)10-18-14(16-2)19-11-5-7-20(8-6-11)15(21)22-3;/h9,11H,4-8,10H2,1-3H3,(H2,16,18,19);1H. The molecule has 2 heterocycles. The molecule has 0 unspecified atom stereocenters. The fraction of sp³-hybridized carbons (Fsp3) is 0.667. The van der Waals surface area contributed by atoms with Crippen LogP contribution in [0.2, 0.25) is 0 Å². The summed E-state index contributed by atoms with van der Waals surface area (Å²) < 4.78 is 4.75. The molecule has 0 bridgehead atoms. The molecule has 1 aliphatic rings. The highest BCUT2D eigenvalue weighted by Gasteiger charge is 2.23. The number of halogens is 1. The molecule has 24 heavy (non-hydrogen) atoms. The number of methoxy groups -OCH3 is 1. The van der Waals surface area contributed by atoms with Gasteiger partial charge in [0.15, 0.2) is 5.96 Å². The number of amides is 1. The molecule has 1 aromatic rings. The van der Waals surface area contributed by atoms with Gasteiger partial charge in [-0.25, -0.2) is 9.78 Å². The Hall–Kier alpha value is -1.10. The number of guanidine groups is 1. The van der Waals surface area contributed by atoms with E-state index in [1.165, 1.54) is 12.0 Å². The fourth-order valence-corrected chi connectivity index (χ4v) is 3.28. The quantitative estimate of drug-likeness (QED) is 0.404. The van der Waals surface area contributed by atoms with Crippen molar-refractivity contribution in [1.29, 1.82) is 0 Å². The molecule has 1 fully saturated rings. The summed E-state index contributed by atoms with van der Waals surface area (Å²) in [5, 5.41) is 7.77. The number of carbonyl (C=O) groups is 1. The lowest BCUT2D eigenvalue weighted by Crippen LogP contribution is -2.49. The lowest BCUT2D eigenvalue weighted by atomic mass is 10.1. The summed E-state index contributed by atoms with van der Waals surface area (Å²) in [7, 11) is 3.18. The Kier molecular flexibility index (Phi) is 9.34. The van der Waals surface area contributed by atoms with E-state index in [2.05, 4.69) is 27.5 Å². The first-order chi connectivity index (χ1) is 11.2. The number of aryl methyl sites for hydroxylation is 1. The van der Waals surface area contributed by atoms with Gasteiger partial charge in [-0.3, -0.25) is 4.99 Å². The number of aliphatic imine (C=N–C) groups is 1. The van der Waals surface area contributed by atoms with Crippen molar-refractivity contribution in [2.75, 3.05) is 27.2 Å². The summed E-state index contributed by atoms with van der Waals surface area (Å²) >= 11 is 1.72. The highest BCUT2D eigenvalue weighted by Crippen LogP contribution is 2.13. The number of nitrogens with zero attached hydrogens (tertiary/aromatic N) is 3. The van der Waals surface area contributed by atoms with Crippen molar-refractivity contribution in [1.82, 2.24) is 20.5 Å². The first kappa shape index (κ1) is 20.9. The smallest absolute Gasteiger partial charge is 0.409 e. The average molecular weight is 467 g/mol. The van der Waals surface area contributed by atoms with Gasteiger partial charge in [0, 0.05) is 37.3 Å². The second-order valence-electron chi connectivity index (χ2n) is 5.38. The number of thiazole rings is 1. The van der Waals surface area contributed by atoms with Crippen LogP contribution in [0.5, 0.6) is 0 Å². The fourth-order valence-electron chi connectivity index (χ4n) is 2.48. The van der Waals surface area contributed by atoms with Crippen LogP contribution < -0.4 is 10.6 Å². The average Bonchev–Trinajstić information content (AvgIpc) is 3.06. The maximum Gasteiger partial charge on any atom is 0.409 e. The number of nitrogens with one attached hydrogen (secondary N) is 2. The number of piperidine rings is 1. The van der Waals surface area contributed by atoms with Crippen molar-refractivity contribution in [2.24, 2.45) is 4.99 Å². The molecule has 2 rings (SSSR count). The van der Waals surface area contributed by atoms with E-state index in [0.29, 0.717) is 25.7 Å². The third-order valence-corrected chi connectivity index (χ3v) is 4.99. The number of hydrogen-bond acceptors (Lipinski definition) is 5. The number of hydrogen-bond donors (Lipinski definition) is 2. The van der Waals surface area contributed by atoms with Gasteiger partial charge < -0.3 is 20.3 Å². The topological polar surface area (TPSA) is 78.9 Å². The van der Waals surface area contributed by atoms with Crippen molar-refractivity contribution in [3.8, 4) is 0 Å². The van der Waals surface area contributed by atoms with Gasteiger partial charge in [0.1, 0.15) is 5.01 Å². The van der Waals surface area contributed by atoms with Crippen LogP contribution in [-0.2, 0) is 17.7 Å². The predicted octanol–water partition coefficient (Wildman–Crippen LogP) is 2.22. The molecule has 1 saturated heterocycles. The Morgan fingerprint density at radius 3 is 2.75 bits per heavy atom. The van der Waals surface area contributed by atoms with E-state index in [1.807, 2.05) is 6.20 Å². The van der Waals surface area contributed by atoms with Crippen LogP contribution in [0.3, 0.4) is 0 Å². The van der Waals surface area contributed by atoms with E-state index >= 15 is 0 Å². The van der Waals surface area contributed by atoms with Crippen LogP contribution in [0.1, 0.15) is 29.7 Å². The summed E-state index contributed by atoms with van der Waals surface area (Å²) in [4.78, 5) is 23.2. The zero-order valence-electron chi connectivity index (χ0n) is 14.4. The lowest BCUT2D eigenvalue weighted by molar-refractivity contribution is 0.111. The van der Waals surface area contributed by atoms with Crippen LogP contribution in [0, 0.1) is 0 Å². The molecule has 0 aromatic carbocycles. The molecule has 136 valence electrons. The number of carbonyl (C=O) groups excluding carboxylic acids is 1. The summed E-state index contributed by atoms with van der Waals surface area (Å²) in [6, 6.07) is 0.310. The van der Waals surface area contributed by atoms with E-state index in [4.69, 9.17) is 4.74 Å². The second-order valence-corrected chi connectivity index (χ2v) is 6.58. The zero-order chi connectivity index (χ0) is 16.7. The number of aromatic nitrogens is 1. The molecule has 0 spiro atoms. The minimum atomic E-state index is -0.249. The van der Waals surface area contributed by atoms with Crippen LogP contribution >= 0.6 is 35.3 Å². The van der Waals surface area contributed by atoms with E-state index in [0.717, 1.165) is 30.2 Å². The zero-order valence-corrected chi connectivity index (χ0v) is 17.5. The second kappa shape index (κ2) is 10.7. The molecule has 1 aliphatic heterocycles. The predicted molar refractivity (Wildman–Crippen MR) is 107 cm³/mol. The summed E-state index contributed by atoms with van der Waals surface area (Å²) in [6.07, 6.45) is 4.46. The molecular weight excluding hydrogens is 441 g/mol. The van der Waals surface area contributed by atoms with Gasteiger partial charge in [-0.2, -0.15) is 0 Å². The van der Waals surface area contributed by atoms with E-state index in [-0.39, 0.29) is 30.1 Å². The maximum absolute atomic E-state index is 11.5. The van der Waals surface area contributed by atoms with Crippen molar-refractivity contribution in [2.45, 2.75) is 38.8 Å². The van der Waals surface area contributed by atoms with Gasteiger partial charge in [0.2, 0.25) is 0 Å². The van der Waals surface area contributed by atoms with Crippen molar-refractivity contribution >= 4 is 47.4 Å². The van der Waals surface area contributed by atoms with Crippen LogP contribution in [0.15, 0.2) is 11.2 Å². The SMILES string of the molecule is CCc1cnc(CNC(=NC)NC2CCN(C(=O)OC)CC2)s1.I. The molecule has 9 heteroatoms. The van der Waals surface area contributed by atoms with E-state index in [9.17, 15) is 4.79 Å². The lowest BCUT2D eigenvalue weighted by Gasteiger charge is -2.32. The van der Waals surface area contributed by atoms with Gasteiger partial charge in [-0.1, -0.05) is 6.92 Å². The number of likely N-dealkylation sites (tertiary alicyclic amines) is 1. The van der Waals surface area contributed by atoms with Crippen LogP contribution in [-0.4, -0.2) is 55.2 Å². The third kappa shape index (κ3) is 6.08. The van der Waals surface area contributed by atoms with E-state index < -0.39 is 0 Å². The van der Waals surface area contributed by atoms with Gasteiger partial charge in [0.05, 0.1) is 13.7 Å². The first-order valence-electron chi connectivity index (χ1n) is 7.90. The van der Waals surface area contributed by atoms with Gasteiger partial charge in [-0.05, 0) is 19.3 Å². The van der Waals surface area contributed by atoms with Crippen molar-refractivity contribution in [3.05, 3.63) is 16.1 Å². The maximum atomic E-state index is 11.5. The Morgan fingerprint density at radius 1 is 1.50 bits per heavy atom.